The van der Waals surface area contributed by atoms with Gasteiger partial charge >= 0.3 is 6.09 Å². The SMILES string of the molecule is COc1ccc2nc(NC(=O)C(CC3CCCC3)c3ccc(S(=O)(=O)NC4CCCN(C(=O)OC(C)(C)C)C4)cc3)sc2n1. The molecular formula is C31H41N5O6S2. The van der Waals surface area contributed by atoms with Gasteiger partial charge in [0.2, 0.25) is 21.8 Å². The Kier molecular flexibility index (Phi) is 9.76. The highest BCUT2D eigenvalue weighted by atomic mass is 32.2. The summed E-state index contributed by atoms with van der Waals surface area (Å²) in [5.41, 5.74) is 0.799. The van der Waals surface area contributed by atoms with Gasteiger partial charge in [0.25, 0.3) is 0 Å². The largest absolute Gasteiger partial charge is 0.481 e. The lowest BCUT2D eigenvalue weighted by Crippen LogP contribution is -2.50. The van der Waals surface area contributed by atoms with Crippen molar-refractivity contribution in [1.29, 1.82) is 0 Å². The lowest BCUT2D eigenvalue weighted by Gasteiger charge is -2.34. The van der Waals surface area contributed by atoms with E-state index in [0.717, 1.165) is 31.2 Å². The van der Waals surface area contributed by atoms with E-state index in [0.29, 0.717) is 53.1 Å². The molecular weight excluding hydrogens is 603 g/mol. The number of ether oxygens (including phenoxy) is 2. The molecule has 2 aliphatic rings. The van der Waals surface area contributed by atoms with Crippen LogP contribution in [0.5, 0.6) is 5.88 Å². The van der Waals surface area contributed by atoms with Crippen LogP contribution in [0, 0.1) is 5.92 Å². The number of benzene rings is 1. The van der Waals surface area contributed by atoms with Crippen LogP contribution in [0.4, 0.5) is 9.93 Å². The van der Waals surface area contributed by atoms with Gasteiger partial charge in [0, 0.05) is 25.2 Å². The molecule has 1 saturated heterocycles. The van der Waals surface area contributed by atoms with Crippen molar-refractivity contribution < 1.29 is 27.5 Å². The highest BCUT2D eigenvalue weighted by Gasteiger charge is 2.31. The molecule has 2 aromatic heterocycles. The molecule has 0 radical (unpaired) electrons. The highest BCUT2D eigenvalue weighted by Crippen LogP contribution is 2.36. The zero-order chi connectivity index (χ0) is 31.5. The third-order valence-corrected chi connectivity index (χ3v) is 10.4. The fraction of sp³-hybridized carbons (Fsp3) is 0.548. The number of carbonyl (C=O) groups is 2. The number of nitrogens with zero attached hydrogens (tertiary/aromatic N) is 3. The maximum Gasteiger partial charge on any atom is 0.410 e. The first-order valence-corrected chi connectivity index (χ1v) is 17.4. The summed E-state index contributed by atoms with van der Waals surface area (Å²) in [7, 11) is -2.30. The van der Waals surface area contributed by atoms with Gasteiger partial charge in [-0.1, -0.05) is 49.2 Å². The zero-order valence-corrected chi connectivity index (χ0v) is 27.3. The molecule has 2 fully saturated rings. The molecule has 2 N–H and O–H groups in total. The molecule has 2 unspecified atom stereocenters. The first kappa shape index (κ1) is 32.1. The lowest BCUT2D eigenvalue weighted by molar-refractivity contribution is -0.118. The van der Waals surface area contributed by atoms with Crippen LogP contribution in [-0.2, 0) is 19.6 Å². The number of nitrogens with one attached hydrogen (secondary N) is 2. The van der Waals surface area contributed by atoms with Crippen LogP contribution in [0.2, 0.25) is 0 Å². The maximum atomic E-state index is 13.7. The van der Waals surface area contributed by atoms with Gasteiger partial charge in [-0.05, 0) is 69.7 Å². The van der Waals surface area contributed by atoms with E-state index in [4.69, 9.17) is 9.47 Å². The maximum absolute atomic E-state index is 13.7. The number of pyridine rings is 1. The third-order valence-electron chi connectivity index (χ3n) is 8.02. The third kappa shape index (κ3) is 8.05. The number of piperidine rings is 1. The van der Waals surface area contributed by atoms with Crippen molar-refractivity contribution in [1.82, 2.24) is 19.6 Å². The second-order valence-corrected chi connectivity index (χ2v) is 15.3. The molecule has 2 atom stereocenters. The van der Waals surface area contributed by atoms with Gasteiger partial charge in [0.1, 0.15) is 15.9 Å². The minimum atomic E-state index is -3.85. The van der Waals surface area contributed by atoms with Crippen LogP contribution >= 0.6 is 11.3 Å². The normalized spacial score (nSPS) is 18.7. The Hall–Kier alpha value is -3.29. The van der Waals surface area contributed by atoms with Gasteiger partial charge in [-0.15, -0.1) is 0 Å². The number of likely N-dealkylation sites (tertiary alicyclic amines) is 1. The second-order valence-electron chi connectivity index (χ2n) is 12.6. The number of thiazole rings is 1. The minimum Gasteiger partial charge on any atom is -0.481 e. The molecule has 0 spiro atoms. The first-order chi connectivity index (χ1) is 20.9. The Morgan fingerprint density at radius 2 is 1.77 bits per heavy atom. The topological polar surface area (TPSA) is 140 Å². The number of aromatic nitrogens is 2. The van der Waals surface area contributed by atoms with Crippen LogP contribution < -0.4 is 14.8 Å². The first-order valence-electron chi connectivity index (χ1n) is 15.1. The van der Waals surface area contributed by atoms with E-state index in [1.165, 1.54) is 11.3 Å². The summed E-state index contributed by atoms with van der Waals surface area (Å²) in [6.07, 6.45) is 5.98. The number of rotatable bonds is 9. The number of anilines is 1. The Bertz CT molecular complexity index is 1580. The number of hydrogen-bond donors (Lipinski definition) is 2. The summed E-state index contributed by atoms with van der Waals surface area (Å²) in [6, 6.07) is 9.67. The lowest BCUT2D eigenvalue weighted by atomic mass is 9.87. The van der Waals surface area contributed by atoms with Crippen LogP contribution in [0.3, 0.4) is 0 Å². The Balaban J connectivity index is 1.29. The van der Waals surface area contributed by atoms with Crippen LogP contribution in [0.15, 0.2) is 41.3 Å². The van der Waals surface area contributed by atoms with E-state index in [1.807, 2.05) is 0 Å². The van der Waals surface area contributed by atoms with Crippen LogP contribution in [-0.4, -0.2) is 67.1 Å². The standard InChI is InChI=1S/C31H41N5O6S2/c1-31(2,3)42-30(38)36-17-7-10-22(19-36)35-44(39,40)23-13-11-21(12-14-23)24(18-20-8-5-6-9-20)27(37)34-29-32-25-15-16-26(41-4)33-28(25)43-29/h11-16,20,22,24,35H,5-10,17-19H2,1-4H3,(H,32,34,37). The van der Waals surface area contributed by atoms with Crippen molar-refractivity contribution >= 4 is 48.8 Å². The molecule has 11 nitrogen and oxygen atoms in total. The predicted octanol–water partition coefficient (Wildman–Crippen LogP) is 5.68. The smallest absolute Gasteiger partial charge is 0.410 e. The van der Waals surface area contributed by atoms with E-state index in [9.17, 15) is 18.0 Å². The quantitative estimate of drug-likeness (QED) is 0.304. The second kappa shape index (κ2) is 13.4. The van der Waals surface area contributed by atoms with Gasteiger partial charge in [0.05, 0.1) is 17.9 Å². The van der Waals surface area contributed by atoms with Crippen molar-refractivity contribution in [2.45, 2.75) is 88.2 Å². The molecule has 13 heteroatoms. The van der Waals surface area contributed by atoms with Gasteiger partial charge in [-0.2, -0.15) is 0 Å². The predicted molar refractivity (Wildman–Crippen MR) is 170 cm³/mol. The summed E-state index contributed by atoms with van der Waals surface area (Å²) in [5, 5.41) is 3.44. The van der Waals surface area contributed by atoms with Crippen molar-refractivity contribution in [2.75, 3.05) is 25.5 Å². The molecule has 3 heterocycles. The van der Waals surface area contributed by atoms with E-state index in [2.05, 4.69) is 20.0 Å². The molecule has 1 aliphatic heterocycles. The summed E-state index contributed by atoms with van der Waals surface area (Å²) in [5.74, 6) is 0.266. The van der Waals surface area contributed by atoms with Crippen LogP contribution in [0.25, 0.3) is 10.3 Å². The van der Waals surface area contributed by atoms with E-state index < -0.39 is 33.7 Å². The Morgan fingerprint density at radius 3 is 2.45 bits per heavy atom. The molecule has 1 aliphatic carbocycles. The Labute approximate surface area is 262 Å². The summed E-state index contributed by atoms with van der Waals surface area (Å²) in [6.45, 7) is 6.17. The number of amides is 2. The fourth-order valence-electron chi connectivity index (χ4n) is 5.87. The number of hydrogen-bond acceptors (Lipinski definition) is 9. The van der Waals surface area contributed by atoms with Crippen molar-refractivity contribution in [2.24, 2.45) is 5.92 Å². The van der Waals surface area contributed by atoms with E-state index in [1.54, 1.807) is 69.2 Å². The number of carbonyl (C=O) groups excluding carboxylic acids is 2. The highest BCUT2D eigenvalue weighted by molar-refractivity contribution is 7.89. The minimum absolute atomic E-state index is 0.113. The fourth-order valence-corrected chi connectivity index (χ4v) is 7.96. The molecule has 5 rings (SSSR count). The van der Waals surface area contributed by atoms with Gasteiger partial charge in [-0.3, -0.25) is 4.79 Å². The summed E-state index contributed by atoms with van der Waals surface area (Å²) < 4.78 is 40.1. The van der Waals surface area contributed by atoms with E-state index >= 15 is 0 Å². The van der Waals surface area contributed by atoms with Crippen LogP contribution in [0.1, 0.15) is 77.2 Å². The van der Waals surface area contributed by atoms with Crippen molar-refractivity contribution in [3.8, 4) is 5.88 Å². The number of fused-ring (bicyclic) bond motifs is 1. The summed E-state index contributed by atoms with van der Waals surface area (Å²) in [4.78, 5) is 37.5. The molecule has 3 aromatic rings. The average molecular weight is 644 g/mol. The summed E-state index contributed by atoms with van der Waals surface area (Å²) >= 11 is 1.28. The average Bonchev–Trinajstić information content (AvgIpc) is 3.64. The molecule has 44 heavy (non-hydrogen) atoms. The number of sulfonamides is 1. The molecule has 0 bridgehead atoms. The van der Waals surface area contributed by atoms with Crippen molar-refractivity contribution in [3.05, 3.63) is 42.0 Å². The van der Waals surface area contributed by atoms with Gasteiger partial charge in [-0.25, -0.2) is 27.9 Å². The molecule has 2 amide bonds. The molecule has 1 aromatic carbocycles. The van der Waals surface area contributed by atoms with Crippen molar-refractivity contribution in [3.63, 3.8) is 0 Å². The molecule has 238 valence electrons. The number of methoxy groups -OCH3 is 1. The van der Waals surface area contributed by atoms with Gasteiger partial charge < -0.3 is 19.7 Å². The van der Waals surface area contributed by atoms with Gasteiger partial charge in [0.15, 0.2) is 5.13 Å². The zero-order valence-electron chi connectivity index (χ0n) is 25.7. The molecule has 1 saturated carbocycles. The van der Waals surface area contributed by atoms with E-state index in [-0.39, 0.29) is 17.3 Å². The Morgan fingerprint density at radius 1 is 1.05 bits per heavy atom. The monoisotopic (exact) mass is 643 g/mol.